The van der Waals surface area contributed by atoms with Crippen LogP contribution in [-0.2, 0) is 9.53 Å². The van der Waals surface area contributed by atoms with Crippen molar-refractivity contribution in [3.63, 3.8) is 0 Å². The molecule has 0 aliphatic carbocycles. The number of ether oxygens (including phenoxy) is 3. The van der Waals surface area contributed by atoms with E-state index in [1.807, 2.05) is 11.8 Å². The molecule has 0 bridgehead atoms. The van der Waals surface area contributed by atoms with E-state index in [4.69, 9.17) is 47.4 Å². The smallest absolute Gasteiger partial charge is 0.243 e. The van der Waals surface area contributed by atoms with E-state index < -0.39 is 5.41 Å². The first-order chi connectivity index (χ1) is 19.7. The standard InChI is InChI=1S/C28H29Cl2N7O4/c1-5-21(38)33-17-11-41-12-18(17)35-27-32-10-15-8-16(22-23(29)19(39-3)9-20(40-4)24(22)30)34-26(25(15)36-27)37-7-6-28(2,13-31)14-37/h5,8-10,17-18H,1,6-7,11-12,14H2,2-4H3,(H,33,38)(H,32,35,36)/t17-,18+,28?/m0/s1. The number of fused-ring (bicyclic) bond motifs is 1. The fourth-order valence-electron chi connectivity index (χ4n) is 5.03. The Morgan fingerprint density at radius 2 is 1.93 bits per heavy atom. The maximum Gasteiger partial charge on any atom is 0.243 e. The van der Waals surface area contributed by atoms with Crippen LogP contribution < -0.4 is 25.0 Å². The van der Waals surface area contributed by atoms with Crippen molar-refractivity contribution < 1.29 is 19.0 Å². The number of hydrogen-bond acceptors (Lipinski definition) is 10. The van der Waals surface area contributed by atoms with Gasteiger partial charge in [0.05, 0.1) is 66.7 Å². The molecule has 0 saturated carbocycles. The highest BCUT2D eigenvalue weighted by atomic mass is 35.5. The molecule has 13 heteroatoms. The third-order valence-corrected chi connectivity index (χ3v) is 8.08. The average molecular weight is 598 g/mol. The number of pyridine rings is 1. The molecule has 0 spiro atoms. The maximum atomic E-state index is 11.9. The van der Waals surface area contributed by atoms with Gasteiger partial charge in [0.15, 0.2) is 5.82 Å². The number of amides is 1. The first-order valence-corrected chi connectivity index (χ1v) is 13.7. The number of carbonyl (C=O) groups excluding carboxylic acids is 1. The van der Waals surface area contributed by atoms with Gasteiger partial charge in [-0.2, -0.15) is 5.26 Å². The lowest BCUT2D eigenvalue weighted by molar-refractivity contribution is -0.117. The van der Waals surface area contributed by atoms with Crippen molar-refractivity contribution in [3.05, 3.63) is 41.0 Å². The molecule has 5 rings (SSSR count). The van der Waals surface area contributed by atoms with Gasteiger partial charge in [0, 0.05) is 36.3 Å². The van der Waals surface area contributed by atoms with Crippen LogP contribution in [-0.4, -0.2) is 73.5 Å². The zero-order chi connectivity index (χ0) is 29.3. The summed E-state index contributed by atoms with van der Waals surface area (Å²) in [7, 11) is 3.02. The number of carbonyl (C=O) groups is 1. The molecule has 2 aliphatic heterocycles. The summed E-state index contributed by atoms with van der Waals surface area (Å²) in [4.78, 5) is 28.3. The van der Waals surface area contributed by atoms with Gasteiger partial charge in [0.2, 0.25) is 11.9 Å². The molecule has 2 saturated heterocycles. The number of aromatic nitrogens is 3. The van der Waals surface area contributed by atoms with Gasteiger partial charge < -0.3 is 29.7 Å². The Bertz CT molecular complexity index is 1530. The summed E-state index contributed by atoms with van der Waals surface area (Å²) in [5, 5.41) is 17.2. The van der Waals surface area contributed by atoms with Crippen LogP contribution in [0.15, 0.2) is 31.0 Å². The molecule has 4 heterocycles. The number of benzene rings is 1. The number of anilines is 2. The van der Waals surface area contributed by atoms with Gasteiger partial charge in [-0.1, -0.05) is 29.8 Å². The zero-order valence-electron chi connectivity index (χ0n) is 22.8. The molecule has 2 aromatic heterocycles. The quantitative estimate of drug-likeness (QED) is 0.363. The number of hydrogen-bond donors (Lipinski definition) is 2. The molecule has 41 heavy (non-hydrogen) atoms. The van der Waals surface area contributed by atoms with E-state index in [2.05, 4.69) is 28.3 Å². The van der Waals surface area contributed by atoms with Crippen molar-refractivity contribution in [2.45, 2.75) is 25.4 Å². The van der Waals surface area contributed by atoms with Crippen molar-refractivity contribution >= 4 is 51.8 Å². The van der Waals surface area contributed by atoms with Crippen LogP contribution >= 0.6 is 23.2 Å². The van der Waals surface area contributed by atoms with Gasteiger partial charge in [-0.15, -0.1) is 0 Å². The van der Waals surface area contributed by atoms with Gasteiger partial charge in [0.1, 0.15) is 17.0 Å². The molecule has 3 aromatic rings. The van der Waals surface area contributed by atoms with E-state index in [1.165, 1.54) is 20.3 Å². The molecular formula is C28H29Cl2N7O4. The predicted octanol–water partition coefficient (Wildman–Crippen LogP) is 4.24. The Balaban J connectivity index is 1.61. The van der Waals surface area contributed by atoms with Gasteiger partial charge in [0.25, 0.3) is 0 Å². The van der Waals surface area contributed by atoms with Crippen LogP contribution in [0.4, 0.5) is 11.8 Å². The highest BCUT2D eigenvalue weighted by molar-refractivity contribution is 6.41. The van der Waals surface area contributed by atoms with E-state index in [0.29, 0.717) is 78.1 Å². The Morgan fingerprint density at radius 3 is 2.56 bits per heavy atom. The zero-order valence-corrected chi connectivity index (χ0v) is 24.3. The van der Waals surface area contributed by atoms with Gasteiger partial charge >= 0.3 is 0 Å². The average Bonchev–Trinajstić information content (AvgIpc) is 3.59. The fourth-order valence-corrected chi connectivity index (χ4v) is 5.72. The highest BCUT2D eigenvalue weighted by Gasteiger charge is 2.36. The second-order valence-electron chi connectivity index (χ2n) is 10.2. The van der Waals surface area contributed by atoms with E-state index in [-0.39, 0.29) is 28.0 Å². The lowest BCUT2D eigenvalue weighted by Crippen LogP contribution is -2.45. The minimum Gasteiger partial charge on any atom is -0.495 e. The molecule has 214 valence electrons. The molecular weight excluding hydrogens is 569 g/mol. The third kappa shape index (κ3) is 5.55. The van der Waals surface area contributed by atoms with Crippen LogP contribution in [0, 0.1) is 16.7 Å². The summed E-state index contributed by atoms with van der Waals surface area (Å²) in [5.74, 6) is 1.40. The Hall–Kier alpha value is -3.85. The first kappa shape index (κ1) is 28.7. The molecule has 1 aromatic carbocycles. The van der Waals surface area contributed by atoms with Crippen molar-refractivity contribution in [1.29, 1.82) is 5.26 Å². The summed E-state index contributed by atoms with van der Waals surface area (Å²) >= 11 is 13.5. The molecule has 2 fully saturated rings. The van der Waals surface area contributed by atoms with Crippen molar-refractivity contribution in [1.82, 2.24) is 20.3 Å². The van der Waals surface area contributed by atoms with Crippen LogP contribution in [0.25, 0.3) is 22.2 Å². The molecule has 1 amide bonds. The Labute approximate surface area is 247 Å². The summed E-state index contributed by atoms with van der Waals surface area (Å²) < 4.78 is 16.5. The summed E-state index contributed by atoms with van der Waals surface area (Å²) in [5.41, 5.74) is 0.970. The number of halogens is 2. The first-order valence-electron chi connectivity index (χ1n) is 12.9. The lowest BCUT2D eigenvalue weighted by Gasteiger charge is -2.23. The summed E-state index contributed by atoms with van der Waals surface area (Å²) in [6.07, 6.45) is 3.58. The van der Waals surface area contributed by atoms with Crippen LogP contribution in [0.5, 0.6) is 11.5 Å². The Morgan fingerprint density at radius 1 is 1.22 bits per heavy atom. The molecule has 1 unspecified atom stereocenters. The molecule has 11 nitrogen and oxygen atoms in total. The number of nitriles is 1. The van der Waals surface area contributed by atoms with E-state index in [1.54, 1.807) is 18.3 Å². The molecule has 3 atom stereocenters. The monoisotopic (exact) mass is 597 g/mol. The molecule has 2 N–H and O–H groups in total. The SMILES string of the molecule is C=CC(=O)N[C@H]1COC[C@H]1Nc1ncc2cc(-c3c(Cl)c(OC)cc(OC)c3Cl)nc(N3CCC(C)(C#N)C3)c2n1. The Kier molecular flexibility index (Phi) is 8.09. The third-order valence-electron chi connectivity index (χ3n) is 7.33. The second kappa shape index (κ2) is 11.6. The summed E-state index contributed by atoms with van der Waals surface area (Å²) in [6, 6.07) is 5.32. The van der Waals surface area contributed by atoms with Crippen molar-refractivity contribution in [2.75, 3.05) is 50.7 Å². The van der Waals surface area contributed by atoms with Gasteiger partial charge in [-0.05, 0) is 25.5 Å². The topological polar surface area (TPSA) is 135 Å². The number of nitrogens with one attached hydrogen (secondary N) is 2. The molecule has 2 aliphatic rings. The van der Waals surface area contributed by atoms with Gasteiger partial charge in [-0.25, -0.2) is 15.0 Å². The number of methoxy groups -OCH3 is 2. The lowest BCUT2D eigenvalue weighted by atomic mass is 9.92. The fraction of sp³-hybridized carbons (Fsp3) is 0.393. The van der Waals surface area contributed by atoms with Gasteiger partial charge in [-0.3, -0.25) is 4.79 Å². The minimum atomic E-state index is -0.537. The van der Waals surface area contributed by atoms with Crippen molar-refractivity contribution in [2.24, 2.45) is 5.41 Å². The normalized spacial score (nSPS) is 21.9. The predicted molar refractivity (Wildman–Crippen MR) is 157 cm³/mol. The highest BCUT2D eigenvalue weighted by Crippen LogP contribution is 2.47. The van der Waals surface area contributed by atoms with Crippen LogP contribution in [0.1, 0.15) is 13.3 Å². The molecule has 0 radical (unpaired) electrons. The summed E-state index contributed by atoms with van der Waals surface area (Å²) in [6.45, 7) is 7.24. The second-order valence-corrected chi connectivity index (χ2v) is 11.0. The van der Waals surface area contributed by atoms with Crippen LogP contribution in [0.2, 0.25) is 10.0 Å². The van der Waals surface area contributed by atoms with Crippen molar-refractivity contribution in [3.8, 4) is 28.8 Å². The van der Waals surface area contributed by atoms with E-state index in [9.17, 15) is 10.1 Å². The van der Waals surface area contributed by atoms with E-state index >= 15 is 0 Å². The minimum absolute atomic E-state index is 0.248. The number of rotatable bonds is 8. The van der Waals surface area contributed by atoms with E-state index in [0.717, 1.165) is 0 Å². The maximum absolute atomic E-state index is 11.9. The van der Waals surface area contributed by atoms with Crippen LogP contribution in [0.3, 0.4) is 0 Å². The largest absolute Gasteiger partial charge is 0.495 e. The number of nitrogens with zero attached hydrogens (tertiary/aromatic N) is 5.